The maximum Gasteiger partial charge on any atom is 0.187 e. The van der Waals surface area contributed by atoms with Crippen LogP contribution in [0.15, 0.2) is 12.2 Å². The van der Waals surface area contributed by atoms with Crippen molar-refractivity contribution in [1.29, 1.82) is 0 Å². The van der Waals surface area contributed by atoms with Gasteiger partial charge >= 0.3 is 0 Å². The van der Waals surface area contributed by atoms with Crippen molar-refractivity contribution in [2.45, 2.75) is 158 Å². The molecule has 2 rings (SSSR count). The van der Waals surface area contributed by atoms with Crippen molar-refractivity contribution < 1.29 is 59.8 Å². The van der Waals surface area contributed by atoms with Gasteiger partial charge in [-0.25, -0.2) is 0 Å². The Morgan fingerprint density at radius 2 is 1.23 bits per heavy atom. The summed E-state index contributed by atoms with van der Waals surface area (Å²) in [4.78, 5) is 0. The van der Waals surface area contributed by atoms with Crippen LogP contribution < -0.4 is 5.73 Å². The van der Waals surface area contributed by atoms with Crippen molar-refractivity contribution in [2.24, 2.45) is 5.73 Å². The molecule has 2 aliphatic rings. The molecule has 12 atom stereocenters. The Kier molecular flexibility index (Phi) is 18.8. The zero-order valence-electron chi connectivity index (χ0n) is 25.5. The molecule has 2 heterocycles. The molecule has 0 spiro atoms. The second kappa shape index (κ2) is 21.1. The Hall–Kier alpha value is -0.780. The summed E-state index contributed by atoms with van der Waals surface area (Å²) in [7, 11) is 0. The summed E-state index contributed by atoms with van der Waals surface area (Å²) in [6.45, 7) is 0.641. The van der Waals surface area contributed by atoms with Gasteiger partial charge in [-0.05, 0) is 12.8 Å². The number of rotatable bonds is 21. The minimum absolute atomic E-state index is 0.227. The highest BCUT2D eigenvalue weighted by Crippen LogP contribution is 2.29. The zero-order valence-corrected chi connectivity index (χ0v) is 25.5. The number of nitrogens with two attached hydrogens (primary N) is 1. The van der Waals surface area contributed by atoms with E-state index in [2.05, 4.69) is 6.92 Å². The smallest absolute Gasteiger partial charge is 0.187 e. The third-order valence-electron chi connectivity index (χ3n) is 8.16. The molecule has 0 amide bonds. The molecule has 0 aromatic heterocycles. The number of hydrogen-bond donors (Lipinski definition) is 9. The molecule has 0 aromatic carbocycles. The Balaban J connectivity index is 1.70. The number of aliphatic hydroxyl groups excluding tert-OH is 8. The summed E-state index contributed by atoms with van der Waals surface area (Å²) >= 11 is 0. The molecule has 254 valence electrons. The summed E-state index contributed by atoms with van der Waals surface area (Å²) in [6, 6.07) is -0.850. The van der Waals surface area contributed by atoms with Crippen molar-refractivity contribution in [1.82, 2.24) is 0 Å². The molecule has 13 heteroatoms. The van der Waals surface area contributed by atoms with Crippen molar-refractivity contribution in [3.8, 4) is 0 Å². The topological polar surface area (TPSA) is 225 Å². The Labute approximate surface area is 255 Å². The van der Waals surface area contributed by atoms with Crippen LogP contribution >= 0.6 is 0 Å². The van der Waals surface area contributed by atoms with Crippen LogP contribution in [0.2, 0.25) is 0 Å². The normalized spacial score (nSPS) is 34.9. The summed E-state index contributed by atoms with van der Waals surface area (Å²) in [5.41, 5.74) is 6.04. The first-order valence-electron chi connectivity index (χ1n) is 16.0. The average Bonchev–Trinajstić information content (AvgIpc) is 3.01. The maximum absolute atomic E-state index is 10.7. The van der Waals surface area contributed by atoms with E-state index in [1.165, 1.54) is 57.8 Å². The van der Waals surface area contributed by atoms with Gasteiger partial charge in [0.1, 0.15) is 48.8 Å². The molecule has 0 radical (unpaired) electrons. The first kappa shape index (κ1) is 38.4. The summed E-state index contributed by atoms with van der Waals surface area (Å²) in [5, 5.41) is 81.0. The fraction of sp³-hybridized carbons (Fsp3) is 0.933. The first-order valence-corrected chi connectivity index (χ1v) is 16.0. The Bertz CT molecular complexity index is 744. The quantitative estimate of drug-likeness (QED) is 0.0585. The van der Waals surface area contributed by atoms with Crippen LogP contribution in [0.1, 0.15) is 84.0 Å². The van der Waals surface area contributed by atoms with Crippen LogP contribution in [0.25, 0.3) is 0 Å². The summed E-state index contributed by atoms with van der Waals surface area (Å²) in [6.07, 6.45) is 1.80. The van der Waals surface area contributed by atoms with E-state index >= 15 is 0 Å². The molecule has 0 bridgehead atoms. The van der Waals surface area contributed by atoms with E-state index in [-0.39, 0.29) is 6.61 Å². The molecule has 2 aliphatic heterocycles. The largest absolute Gasteiger partial charge is 0.394 e. The van der Waals surface area contributed by atoms with Crippen LogP contribution in [0, 0.1) is 0 Å². The van der Waals surface area contributed by atoms with E-state index < -0.39 is 86.8 Å². The number of hydrogen-bond acceptors (Lipinski definition) is 13. The van der Waals surface area contributed by atoms with Crippen molar-refractivity contribution in [2.75, 3.05) is 19.8 Å². The SMILES string of the molecule is CCCCCCCCCCCCC/C=C/[C@@H](O)[C@@H](N)CO[C@@H]1O[C@H](CO)[C@@H](O[C@@H]2O[C@H](CO)[C@H](O)C(O)C2O)C(O)C1O. The lowest BCUT2D eigenvalue weighted by Crippen LogP contribution is -2.64. The maximum atomic E-state index is 10.7. The van der Waals surface area contributed by atoms with Gasteiger partial charge in [0.2, 0.25) is 0 Å². The van der Waals surface area contributed by atoms with E-state index in [0.29, 0.717) is 0 Å². The van der Waals surface area contributed by atoms with Gasteiger partial charge in [0, 0.05) is 0 Å². The average molecular weight is 624 g/mol. The second-order valence-electron chi connectivity index (χ2n) is 11.7. The van der Waals surface area contributed by atoms with Gasteiger partial charge < -0.3 is 65.5 Å². The van der Waals surface area contributed by atoms with Gasteiger partial charge in [-0.1, -0.05) is 83.3 Å². The number of unbranched alkanes of at least 4 members (excludes halogenated alkanes) is 11. The van der Waals surface area contributed by atoms with Crippen LogP contribution in [0.4, 0.5) is 0 Å². The van der Waals surface area contributed by atoms with Crippen LogP contribution in [-0.4, -0.2) is 134 Å². The van der Waals surface area contributed by atoms with E-state index in [1.807, 2.05) is 6.08 Å². The summed E-state index contributed by atoms with van der Waals surface area (Å²) < 4.78 is 21.9. The van der Waals surface area contributed by atoms with Gasteiger partial charge in [-0.3, -0.25) is 0 Å². The fourth-order valence-corrected chi connectivity index (χ4v) is 5.30. The molecule has 13 nitrogen and oxygen atoms in total. The lowest BCUT2D eigenvalue weighted by Gasteiger charge is -2.46. The van der Waals surface area contributed by atoms with Gasteiger partial charge in [-0.15, -0.1) is 0 Å². The van der Waals surface area contributed by atoms with E-state index in [4.69, 9.17) is 24.7 Å². The minimum atomic E-state index is -1.75. The molecule has 0 aromatic rings. The van der Waals surface area contributed by atoms with Crippen molar-refractivity contribution >= 4 is 0 Å². The predicted octanol–water partition coefficient (Wildman–Crippen LogP) is -0.427. The highest BCUT2D eigenvalue weighted by atomic mass is 16.7. The van der Waals surface area contributed by atoms with E-state index in [9.17, 15) is 40.9 Å². The van der Waals surface area contributed by atoms with Crippen molar-refractivity contribution in [3.05, 3.63) is 12.2 Å². The number of allylic oxidation sites excluding steroid dienone is 1. The van der Waals surface area contributed by atoms with Gasteiger partial charge in [0.15, 0.2) is 12.6 Å². The molecular weight excluding hydrogens is 566 g/mol. The van der Waals surface area contributed by atoms with E-state index in [1.54, 1.807) is 6.08 Å². The third kappa shape index (κ3) is 12.5. The lowest BCUT2D eigenvalue weighted by molar-refractivity contribution is -0.359. The van der Waals surface area contributed by atoms with Gasteiger partial charge in [0.25, 0.3) is 0 Å². The molecule has 10 N–H and O–H groups in total. The minimum Gasteiger partial charge on any atom is -0.394 e. The Morgan fingerprint density at radius 3 is 1.81 bits per heavy atom. The van der Waals surface area contributed by atoms with Crippen LogP contribution in [0.3, 0.4) is 0 Å². The monoisotopic (exact) mass is 623 g/mol. The highest BCUT2D eigenvalue weighted by Gasteiger charge is 2.50. The zero-order chi connectivity index (χ0) is 31.8. The van der Waals surface area contributed by atoms with Gasteiger partial charge in [0.05, 0.1) is 32.0 Å². The molecule has 0 aliphatic carbocycles. The first-order chi connectivity index (χ1) is 20.7. The molecule has 2 fully saturated rings. The number of aliphatic hydroxyl groups is 8. The third-order valence-corrected chi connectivity index (χ3v) is 8.16. The number of ether oxygens (including phenoxy) is 4. The molecular formula is C30H57NO12. The molecule has 43 heavy (non-hydrogen) atoms. The Morgan fingerprint density at radius 1 is 0.698 bits per heavy atom. The van der Waals surface area contributed by atoms with Gasteiger partial charge in [-0.2, -0.15) is 0 Å². The van der Waals surface area contributed by atoms with Crippen LogP contribution in [-0.2, 0) is 18.9 Å². The highest BCUT2D eigenvalue weighted by molar-refractivity contribution is 4.96. The molecule has 2 saturated heterocycles. The van der Waals surface area contributed by atoms with Crippen LogP contribution in [0.5, 0.6) is 0 Å². The fourth-order valence-electron chi connectivity index (χ4n) is 5.30. The lowest BCUT2D eigenvalue weighted by atomic mass is 9.97. The summed E-state index contributed by atoms with van der Waals surface area (Å²) in [5.74, 6) is 0. The molecule has 4 unspecified atom stereocenters. The van der Waals surface area contributed by atoms with Crippen molar-refractivity contribution in [3.63, 3.8) is 0 Å². The standard InChI is InChI=1S/C30H57NO12/c1-2-3-4-5-6-7-8-9-10-11-12-13-14-15-20(34)19(31)18-40-29-27(39)25(37)28(22(17-33)42-29)43-30-26(38)24(36)23(35)21(16-32)41-30/h14-15,19-30,32-39H,2-13,16-18,31H2,1H3/b15-14+/t19-,20+,21+,22+,23-,24?,25?,26?,27?,28+,29+,30-/m0/s1. The molecule has 0 saturated carbocycles. The van der Waals surface area contributed by atoms with E-state index in [0.717, 1.165) is 19.3 Å². The predicted molar refractivity (Wildman–Crippen MR) is 157 cm³/mol. The second-order valence-corrected chi connectivity index (χ2v) is 11.7.